The smallest absolute Gasteiger partial charge is 0.309 e. The quantitative estimate of drug-likeness (QED) is 0.485. The van der Waals surface area contributed by atoms with Gasteiger partial charge >= 0.3 is 5.97 Å². The molecule has 0 aliphatic carbocycles. The molecule has 0 spiro atoms. The van der Waals surface area contributed by atoms with Crippen LogP contribution in [0.15, 0.2) is 18.2 Å². The molecule has 114 valence electrons. The van der Waals surface area contributed by atoms with Crippen LogP contribution in [-0.2, 0) is 16.1 Å². The second kappa shape index (κ2) is 6.87. The summed E-state index contributed by atoms with van der Waals surface area (Å²) < 4.78 is 4.77. The minimum atomic E-state index is -0.409. The predicted octanol–water partition coefficient (Wildman–Crippen LogP) is 2.63. The molecule has 0 bridgehead atoms. The van der Waals surface area contributed by atoms with Crippen LogP contribution in [-0.4, -0.2) is 36.0 Å². The molecule has 1 heterocycles. The maximum atomic E-state index is 11.6. The van der Waals surface area contributed by atoms with E-state index in [9.17, 15) is 14.9 Å². The Bertz CT molecular complexity index is 550. The highest BCUT2D eigenvalue weighted by atomic mass is 35.5. The molecule has 2 rings (SSSR count). The molecule has 0 N–H and O–H groups in total. The van der Waals surface area contributed by atoms with Crippen LogP contribution in [0.25, 0.3) is 0 Å². The van der Waals surface area contributed by atoms with Crippen molar-refractivity contribution >= 4 is 23.3 Å². The molecule has 1 aliphatic heterocycles. The van der Waals surface area contributed by atoms with Crippen LogP contribution in [0, 0.1) is 16.0 Å². The summed E-state index contributed by atoms with van der Waals surface area (Å²) >= 11 is 5.93. The van der Waals surface area contributed by atoms with Crippen molar-refractivity contribution in [1.29, 1.82) is 0 Å². The Morgan fingerprint density at radius 3 is 3.00 bits per heavy atom. The van der Waals surface area contributed by atoms with Gasteiger partial charge < -0.3 is 4.74 Å². The van der Waals surface area contributed by atoms with Crippen LogP contribution >= 0.6 is 11.6 Å². The number of hydrogen-bond acceptors (Lipinski definition) is 5. The first-order valence-electron chi connectivity index (χ1n) is 6.74. The minimum Gasteiger partial charge on any atom is -0.469 e. The lowest BCUT2D eigenvalue weighted by atomic mass is 9.97. The summed E-state index contributed by atoms with van der Waals surface area (Å²) in [6.07, 6.45) is 1.66. The highest BCUT2D eigenvalue weighted by Gasteiger charge is 2.27. The third kappa shape index (κ3) is 3.92. The van der Waals surface area contributed by atoms with E-state index in [1.807, 2.05) is 4.90 Å². The topological polar surface area (TPSA) is 72.7 Å². The van der Waals surface area contributed by atoms with Crippen molar-refractivity contribution < 1.29 is 14.5 Å². The van der Waals surface area contributed by atoms with Crippen LogP contribution in [0.5, 0.6) is 0 Å². The molecule has 7 heteroatoms. The Morgan fingerprint density at radius 2 is 2.33 bits per heavy atom. The Labute approximate surface area is 127 Å². The number of ether oxygens (including phenoxy) is 1. The third-order valence-corrected chi connectivity index (χ3v) is 3.91. The second-order valence-electron chi connectivity index (χ2n) is 5.13. The van der Waals surface area contributed by atoms with Gasteiger partial charge in [-0.15, -0.1) is 0 Å². The van der Waals surface area contributed by atoms with Crippen LogP contribution in [0.4, 0.5) is 5.69 Å². The lowest BCUT2D eigenvalue weighted by molar-refractivity contribution is -0.385. The van der Waals surface area contributed by atoms with Crippen LogP contribution in [0.2, 0.25) is 5.02 Å². The molecule has 0 amide bonds. The summed E-state index contributed by atoms with van der Waals surface area (Å²) in [5.74, 6) is -0.387. The van der Waals surface area contributed by atoms with E-state index in [-0.39, 0.29) is 17.6 Å². The number of halogens is 1. The zero-order valence-electron chi connectivity index (χ0n) is 11.8. The zero-order valence-corrected chi connectivity index (χ0v) is 12.5. The summed E-state index contributed by atoms with van der Waals surface area (Å²) in [5, 5.41) is 11.5. The van der Waals surface area contributed by atoms with Crippen molar-refractivity contribution in [3.63, 3.8) is 0 Å². The van der Waals surface area contributed by atoms with E-state index in [1.165, 1.54) is 19.2 Å². The summed E-state index contributed by atoms with van der Waals surface area (Å²) in [7, 11) is 1.38. The first kappa shape index (κ1) is 15.7. The highest BCUT2D eigenvalue weighted by molar-refractivity contribution is 6.30. The average Bonchev–Trinajstić information content (AvgIpc) is 2.46. The van der Waals surface area contributed by atoms with Crippen molar-refractivity contribution in [3.8, 4) is 0 Å². The Balaban J connectivity index is 2.12. The number of nitro benzene ring substituents is 1. The Hall–Kier alpha value is -1.66. The number of nitro groups is 1. The molecular formula is C14H17ClN2O4. The highest BCUT2D eigenvalue weighted by Crippen LogP contribution is 2.26. The number of nitrogens with zero attached hydrogens (tertiary/aromatic N) is 2. The first-order valence-corrected chi connectivity index (χ1v) is 7.12. The molecular weight excluding hydrogens is 296 g/mol. The Morgan fingerprint density at radius 1 is 1.57 bits per heavy atom. The molecule has 6 nitrogen and oxygen atoms in total. The van der Waals surface area contributed by atoms with E-state index >= 15 is 0 Å². The number of methoxy groups -OCH3 is 1. The lowest BCUT2D eigenvalue weighted by Gasteiger charge is -2.31. The fourth-order valence-electron chi connectivity index (χ4n) is 2.66. The molecule has 1 aromatic carbocycles. The molecule has 0 radical (unpaired) electrons. The normalized spacial score (nSPS) is 19.2. The van der Waals surface area contributed by atoms with Crippen molar-refractivity contribution in [2.75, 3.05) is 20.2 Å². The lowest BCUT2D eigenvalue weighted by Crippen LogP contribution is -2.38. The van der Waals surface area contributed by atoms with E-state index in [1.54, 1.807) is 6.07 Å². The fraction of sp³-hybridized carbons (Fsp3) is 0.500. The zero-order chi connectivity index (χ0) is 15.4. The summed E-state index contributed by atoms with van der Waals surface area (Å²) in [5.41, 5.74) is 0.623. The number of rotatable bonds is 4. The van der Waals surface area contributed by atoms with Gasteiger partial charge in [-0.05, 0) is 31.5 Å². The van der Waals surface area contributed by atoms with Gasteiger partial charge in [-0.25, -0.2) is 0 Å². The van der Waals surface area contributed by atoms with Gasteiger partial charge in [0.15, 0.2) is 0 Å². The van der Waals surface area contributed by atoms with E-state index in [0.29, 0.717) is 23.7 Å². The Kier molecular flexibility index (Phi) is 5.14. The number of carbonyl (C=O) groups excluding carboxylic acids is 1. The fourth-order valence-corrected chi connectivity index (χ4v) is 2.85. The SMILES string of the molecule is COC(=O)[C@H]1CCCN(Cc2cc(Cl)ccc2[N+](=O)[O-])C1. The molecule has 0 unspecified atom stereocenters. The number of benzene rings is 1. The molecule has 0 saturated carbocycles. The number of piperidine rings is 1. The molecule has 1 saturated heterocycles. The van der Waals surface area contributed by atoms with E-state index in [0.717, 1.165) is 19.4 Å². The van der Waals surface area contributed by atoms with Gasteiger partial charge in [0.05, 0.1) is 18.0 Å². The second-order valence-corrected chi connectivity index (χ2v) is 5.56. The van der Waals surface area contributed by atoms with Gasteiger partial charge in [0.25, 0.3) is 5.69 Å². The van der Waals surface area contributed by atoms with Gasteiger partial charge in [0.2, 0.25) is 0 Å². The van der Waals surface area contributed by atoms with Crippen molar-refractivity contribution in [3.05, 3.63) is 38.9 Å². The van der Waals surface area contributed by atoms with Gasteiger partial charge in [0.1, 0.15) is 0 Å². The summed E-state index contributed by atoms with van der Waals surface area (Å²) in [4.78, 5) is 24.3. The molecule has 21 heavy (non-hydrogen) atoms. The summed E-state index contributed by atoms with van der Waals surface area (Å²) in [6, 6.07) is 4.54. The molecule has 1 fully saturated rings. The maximum absolute atomic E-state index is 11.6. The third-order valence-electron chi connectivity index (χ3n) is 3.67. The monoisotopic (exact) mass is 312 g/mol. The predicted molar refractivity (Wildman–Crippen MR) is 78.1 cm³/mol. The summed E-state index contributed by atoms with van der Waals surface area (Å²) in [6.45, 7) is 1.76. The standard InChI is InChI=1S/C14H17ClN2O4/c1-21-14(18)10-3-2-6-16(8-10)9-11-7-12(15)4-5-13(11)17(19)20/h4-5,7,10H,2-3,6,8-9H2,1H3/t10-/m0/s1. The van der Waals surface area contributed by atoms with Crippen LogP contribution in [0.3, 0.4) is 0 Å². The van der Waals surface area contributed by atoms with Crippen LogP contribution in [0.1, 0.15) is 18.4 Å². The van der Waals surface area contributed by atoms with Gasteiger partial charge in [-0.1, -0.05) is 11.6 Å². The molecule has 1 atom stereocenters. The van der Waals surface area contributed by atoms with Gasteiger partial charge in [-0.2, -0.15) is 0 Å². The van der Waals surface area contributed by atoms with Crippen molar-refractivity contribution in [1.82, 2.24) is 4.90 Å². The number of esters is 1. The number of hydrogen-bond donors (Lipinski definition) is 0. The first-order chi connectivity index (χ1) is 10.0. The maximum Gasteiger partial charge on any atom is 0.309 e. The van der Waals surface area contributed by atoms with Gasteiger partial charge in [0, 0.05) is 29.7 Å². The van der Waals surface area contributed by atoms with Crippen molar-refractivity contribution in [2.24, 2.45) is 5.92 Å². The number of carbonyl (C=O) groups is 1. The largest absolute Gasteiger partial charge is 0.469 e. The molecule has 1 aliphatic rings. The molecule has 1 aromatic rings. The number of likely N-dealkylation sites (tertiary alicyclic amines) is 1. The van der Waals surface area contributed by atoms with Crippen molar-refractivity contribution in [2.45, 2.75) is 19.4 Å². The van der Waals surface area contributed by atoms with E-state index < -0.39 is 4.92 Å². The van der Waals surface area contributed by atoms with Gasteiger partial charge in [-0.3, -0.25) is 19.8 Å². The van der Waals surface area contributed by atoms with E-state index in [2.05, 4.69) is 0 Å². The van der Waals surface area contributed by atoms with Crippen LogP contribution < -0.4 is 0 Å². The molecule has 0 aromatic heterocycles. The average molecular weight is 313 g/mol. The van der Waals surface area contributed by atoms with E-state index in [4.69, 9.17) is 16.3 Å². The minimum absolute atomic E-state index is 0.0552.